The van der Waals surface area contributed by atoms with E-state index in [2.05, 4.69) is 65.6 Å². The minimum atomic E-state index is 0.964. The van der Waals surface area contributed by atoms with E-state index in [0.29, 0.717) is 0 Å². The lowest BCUT2D eigenvalue weighted by Crippen LogP contribution is -2.04. The van der Waals surface area contributed by atoms with E-state index in [-0.39, 0.29) is 0 Å². The highest BCUT2D eigenvalue weighted by Gasteiger charge is 2.14. The zero-order valence-electron chi connectivity index (χ0n) is 13.3. The predicted octanol–water partition coefficient (Wildman–Crippen LogP) is 5.22. The van der Waals surface area contributed by atoms with Crippen LogP contribution in [0.2, 0.25) is 0 Å². The zero-order chi connectivity index (χ0) is 15.5. The van der Waals surface area contributed by atoms with E-state index in [9.17, 15) is 0 Å². The van der Waals surface area contributed by atoms with Gasteiger partial charge >= 0.3 is 0 Å². The van der Waals surface area contributed by atoms with Crippen molar-refractivity contribution < 1.29 is 0 Å². The van der Waals surface area contributed by atoms with Gasteiger partial charge in [0.15, 0.2) is 0 Å². The van der Waals surface area contributed by atoms with Crippen LogP contribution in [0.4, 0.5) is 0 Å². The Morgan fingerprint density at radius 1 is 0.783 bits per heavy atom. The van der Waals surface area contributed by atoms with Gasteiger partial charge in [0.25, 0.3) is 0 Å². The third kappa shape index (κ3) is 3.05. The van der Waals surface area contributed by atoms with Gasteiger partial charge in [0.2, 0.25) is 0 Å². The Balaban J connectivity index is 1.69. The van der Waals surface area contributed by atoms with Crippen LogP contribution in [0.15, 0.2) is 66.9 Å². The SMILES string of the molecule is c1ccc(Cc2ccnc(-c3cccc4c3CCCC4)c2)cc1. The van der Waals surface area contributed by atoms with Crippen molar-refractivity contribution in [2.75, 3.05) is 0 Å². The maximum Gasteiger partial charge on any atom is 0.0707 e. The van der Waals surface area contributed by atoms with Gasteiger partial charge in [0, 0.05) is 11.8 Å². The molecule has 3 aromatic rings. The summed E-state index contributed by atoms with van der Waals surface area (Å²) >= 11 is 0. The lowest BCUT2D eigenvalue weighted by atomic mass is 9.87. The van der Waals surface area contributed by atoms with Gasteiger partial charge in [0.05, 0.1) is 5.69 Å². The van der Waals surface area contributed by atoms with E-state index < -0.39 is 0 Å². The van der Waals surface area contributed by atoms with Crippen molar-refractivity contribution in [1.29, 1.82) is 0 Å². The van der Waals surface area contributed by atoms with Gasteiger partial charge < -0.3 is 0 Å². The molecule has 1 aromatic heterocycles. The van der Waals surface area contributed by atoms with E-state index >= 15 is 0 Å². The molecular weight excluding hydrogens is 278 g/mol. The van der Waals surface area contributed by atoms with Crippen LogP contribution in [0.25, 0.3) is 11.3 Å². The predicted molar refractivity (Wildman–Crippen MR) is 95.6 cm³/mol. The molecule has 1 nitrogen and oxygen atoms in total. The van der Waals surface area contributed by atoms with Gasteiger partial charge in [-0.1, -0.05) is 48.5 Å². The molecule has 2 aromatic carbocycles. The normalized spacial score (nSPS) is 13.6. The summed E-state index contributed by atoms with van der Waals surface area (Å²) in [6.45, 7) is 0. The first-order valence-electron chi connectivity index (χ1n) is 8.50. The third-order valence-electron chi connectivity index (χ3n) is 4.75. The number of pyridine rings is 1. The topological polar surface area (TPSA) is 12.9 Å². The van der Waals surface area contributed by atoms with Crippen molar-refractivity contribution in [3.05, 3.63) is 89.1 Å². The Kier molecular flexibility index (Phi) is 3.94. The maximum atomic E-state index is 4.66. The summed E-state index contributed by atoms with van der Waals surface area (Å²) in [5.41, 5.74) is 8.16. The molecule has 0 aliphatic heterocycles. The summed E-state index contributed by atoms with van der Waals surface area (Å²) in [7, 11) is 0. The van der Waals surface area contributed by atoms with Crippen LogP contribution in [0.3, 0.4) is 0 Å². The summed E-state index contributed by atoms with van der Waals surface area (Å²) in [4.78, 5) is 4.66. The van der Waals surface area contributed by atoms with Gasteiger partial charge in [-0.25, -0.2) is 0 Å². The minimum Gasteiger partial charge on any atom is -0.256 e. The molecule has 1 heteroatoms. The fraction of sp³-hybridized carbons (Fsp3) is 0.227. The number of benzene rings is 2. The van der Waals surface area contributed by atoms with Crippen molar-refractivity contribution in [3.8, 4) is 11.3 Å². The fourth-order valence-electron chi connectivity index (χ4n) is 3.58. The Morgan fingerprint density at radius 2 is 1.65 bits per heavy atom. The lowest BCUT2D eigenvalue weighted by molar-refractivity contribution is 0.686. The molecule has 4 rings (SSSR count). The second-order valence-electron chi connectivity index (χ2n) is 6.36. The number of fused-ring (bicyclic) bond motifs is 1. The first-order chi connectivity index (χ1) is 11.4. The average Bonchev–Trinajstić information content (AvgIpc) is 2.62. The van der Waals surface area contributed by atoms with E-state index in [4.69, 9.17) is 0 Å². The van der Waals surface area contributed by atoms with Gasteiger partial charge in [0.1, 0.15) is 0 Å². The molecule has 0 atom stereocenters. The highest BCUT2D eigenvalue weighted by molar-refractivity contribution is 5.66. The van der Waals surface area contributed by atoms with Crippen molar-refractivity contribution in [3.63, 3.8) is 0 Å². The Labute approximate surface area is 138 Å². The molecular formula is C22H21N. The van der Waals surface area contributed by atoms with Crippen LogP contribution in [0, 0.1) is 0 Å². The van der Waals surface area contributed by atoms with Crippen LogP contribution in [-0.2, 0) is 19.3 Å². The van der Waals surface area contributed by atoms with Crippen molar-refractivity contribution in [2.24, 2.45) is 0 Å². The Hall–Kier alpha value is -2.41. The number of aryl methyl sites for hydroxylation is 1. The Bertz CT molecular complexity index is 805. The molecule has 0 radical (unpaired) electrons. The number of hydrogen-bond acceptors (Lipinski definition) is 1. The molecule has 0 N–H and O–H groups in total. The number of rotatable bonds is 3. The van der Waals surface area contributed by atoms with E-state index in [1.165, 1.54) is 53.5 Å². The standard InChI is InChI=1S/C22H21N/c1-2-7-17(8-3-1)15-18-13-14-23-22(16-18)21-12-6-10-19-9-4-5-11-20(19)21/h1-3,6-8,10,12-14,16H,4-5,9,11,15H2. The van der Waals surface area contributed by atoms with Crippen molar-refractivity contribution in [2.45, 2.75) is 32.1 Å². The molecule has 1 aliphatic rings. The van der Waals surface area contributed by atoms with Gasteiger partial charge in [-0.05, 0) is 66.5 Å². The molecule has 1 aliphatic carbocycles. The van der Waals surface area contributed by atoms with Crippen LogP contribution in [0.1, 0.15) is 35.1 Å². The highest BCUT2D eigenvalue weighted by atomic mass is 14.7. The molecule has 0 unspecified atom stereocenters. The smallest absolute Gasteiger partial charge is 0.0707 e. The summed E-state index contributed by atoms with van der Waals surface area (Å²) in [5.74, 6) is 0. The third-order valence-corrected chi connectivity index (χ3v) is 4.75. The number of nitrogens with zero attached hydrogens (tertiary/aromatic N) is 1. The highest BCUT2D eigenvalue weighted by Crippen LogP contribution is 2.31. The van der Waals surface area contributed by atoms with Crippen molar-refractivity contribution >= 4 is 0 Å². The van der Waals surface area contributed by atoms with Crippen molar-refractivity contribution in [1.82, 2.24) is 4.98 Å². The van der Waals surface area contributed by atoms with E-state index in [1.807, 2.05) is 6.20 Å². The zero-order valence-corrected chi connectivity index (χ0v) is 13.3. The first kappa shape index (κ1) is 14.2. The lowest BCUT2D eigenvalue weighted by Gasteiger charge is -2.19. The molecule has 0 spiro atoms. The molecule has 23 heavy (non-hydrogen) atoms. The quantitative estimate of drug-likeness (QED) is 0.646. The number of aromatic nitrogens is 1. The molecule has 114 valence electrons. The summed E-state index contributed by atoms with van der Waals surface area (Å²) in [6.07, 6.45) is 7.94. The monoisotopic (exact) mass is 299 g/mol. The van der Waals surface area contributed by atoms with E-state index in [1.54, 1.807) is 0 Å². The van der Waals surface area contributed by atoms with Crippen LogP contribution in [0.5, 0.6) is 0 Å². The summed E-state index contributed by atoms with van der Waals surface area (Å²) in [5, 5.41) is 0. The first-order valence-corrected chi connectivity index (χ1v) is 8.50. The molecule has 0 saturated heterocycles. The number of hydrogen-bond donors (Lipinski definition) is 0. The van der Waals surface area contributed by atoms with Gasteiger partial charge in [-0.3, -0.25) is 4.98 Å². The Morgan fingerprint density at radius 3 is 2.57 bits per heavy atom. The van der Waals surface area contributed by atoms with Crippen LogP contribution >= 0.6 is 0 Å². The summed E-state index contributed by atoms with van der Waals surface area (Å²) < 4.78 is 0. The second-order valence-corrected chi connectivity index (χ2v) is 6.36. The maximum absolute atomic E-state index is 4.66. The van der Waals surface area contributed by atoms with Crippen LogP contribution < -0.4 is 0 Å². The van der Waals surface area contributed by atoms with Gasteiger partial charge in [-0.15, -0.1) is 0 Å². The minimum absolute atomic E-state index is 0.964. The van der Waals surface area contributed by atoms with E-state index in [0.717, 1.165) is 12.1 Å². The molecule has 0 bridgehead atoms. The largest absolute Gasteiger partial charge is 0.256 e. The fourth-order valence-corrected chi connectivity index (χ4v) is 3.58. The average molecular weight is 299 g/mol. The second kappa shape index (κ2) is 6.37. The molecule has 0 fully saturated rings. The molecule has 0 amide bonds. The summed E-state index contributed by atoms with van der Waals surface area (Å²) in [6, 6.07) is 21.7. The van der Waals surface area contributed by atoms with Gasteiger partial charge in [-0.2, -0.15) is 0 Å². The van der Waals surface area contributed by atoms with Crippen LogP contribution in [-0.4, -0.2) is 4.98 Å². The molecule has 1 heterocycles. The molecule has 0 saturated carbocycles.